The smallest absolute Gasteiger partial charge is 0.263 e. The van der Waals surface area contributed by atoms with Crippen LogP contribution >= 0.6 is 22.7 Å². The van der Waals surface area contributed by atoms with Crippen LogP contribution in [0.15, 0.2) is 35.0 Å². The summed E-state index contributed by atoms with van der Waals surface area (Å²) < 4.78 is 0. The van der Waals surface area contributed by atoms with Crippen LogP contribution in [0.5, 0.6) is 0 Å². The Bertz CT molecular complexity index is 713. The minimum atomic E-state index is 0.185. The SMILES string of the molecule is CN(C)C1(c2cccs2)CCC2(CCN(C(=O)c3cccs3)C2)CC1. The molecule has 134 valence electrons. The second-order valence-corrected chi connectivity index (χ2v) is 9.75. The summed E-state index contributed by atoms with van der Waals surface area (Å²) >= 11 is 3.44. The minimum Gasteiger partial charge on any atom is -0.337 e. The highest BCUT2D eigenvalue weighted by Crippen LogP contribution is 2.52. The van der Waals surface area contributed by atoms with Crippen molar-refractivity contribution >= 4 is 28.6 Å². The van der Waals surface area contributed by atoms with E-state index in [1.54, 1.807) is 11.3 Å². The van der Waals surface area contributed by atoms with Crippen molar-refractivity contribution in [2.24, 2.45) is 5.41 Å². The van der Waals surface area contributed by atoms with Gasteiger partial charge in [0.2, 0.25) is 0 Å². The molecule has 0 aromatic carbocycles. The first-order valence-corrected chi connectivity index (χ1v) is 10.8. The summed E-state index contributed by atoms with van der Waals surface area (Å²) in [5, 5.41) is 4.19. The number of thiophene rings is 2. The summed E-state index contributed by atoms with van der Waals surface area (Å²) in [5.41, 5.74) is 0.522. The van der Waals surface area contributed by atoms with Gasteiger partial charge in [0.05, 0.1) is 10.4 Å². The Kier molecular flexibility index (Phi) is 4.50. The lowest BCUT2D eigenvalue weighted by atomic mass is 9.66. The number of carbonyl (C=O) groups is 1. The number of rotatable bonds is 3. The average Bonchev–Trinajstić information content (AvgIpc) is 3.37. The Morgan fingerprint density at radius 1 is 1.04 bits per heavy atom. The number of likely N-dealkylation sites (tertiary alicyclic amines) is 1. The largest absolute Gasteiger partial charge is 0.337 e. The molecule has 0 N–H and O–H groups in total. The van der Waals surface area contributed by atoms with Crippen LogP contribution in [0, 0.1) is 5.41 Å². The van der Waals surface area contributed by atoms with Crippen LogP contribution in [0.4, 0.5) is 0 Å². The topological polar surface area (TPSA) is 23.6 Å². The van der Waals surface area contributed by atoms with Gasteiger partial charge in [-0.1, -0.05) is 12.1 Å². The Labute approximate surface area is 158 Å². The van der Waals surface area contributed by atoms with Crippen molar-refractivity contribution in [3.8, 4) is 0 Å². The summed E-state index contributed by atoms with van der Waals surface area (Å²) in [6.45, 7) is 1.86. The molecule has 2 aromatic heterocycles. The molecular formula is C20H26N2OS2. The van der Waals surface area contributed by atoms with Gasteiger partial charge in [0.25, 0.3) is 5.91 Å². The molecular weight excluding hydrogens is 348 g/mol. The molecule has 0 radical (unpaired) electrons. The Morgan fingerprint density at radius 2 is 1.76 bits per heavy atom. The predicted octanol–water partition coefficient (Wildman–Crippen LogP) is 4.67. The molecule has 3 nitrogen and oxygen atoms in total. The molecule has 25 heavy (non-hydrogen) atoms. The summed E-state index contributed by atoms with van der Waals surface area (Å²) in [5.74, 6) is 0.231. The molecule has 1 saturated heterocycles. The highest BCUT2D eigenvalue weighted by molar-refractivity contribution is 7.12. The fraction of sp³-hybridized carbons (Fsp3) is 0.550. The lowest BCUT2D eigenvalue weighted by Crippen LogP contribution is -2.47. The van der Waals surface area contributed by atoms with Crippen molar-refractivity contribution < 1.29 is 4.79 Å². The van der Waals surface area contributed by atoms with Gasteiger partial charge in [0.1, 0.15) is 0 Å². The fourth-order valence-electron chi connectivity index (χ4n) is 4.72. The van der Waals surface area contributed by atoms with Gasteiger partial charge in [-0.15, -0.1) is 22.7 Å². The number of nitrogens with zero attached hydrogens (tertiary/aromatic N) is 2. The van der Waals surface area contributed by atoms with Crippen LogP contribution in [-0.4, -0.2) is 42.9 Å². The first kappa shape index (κ1) is 17.3. The number of amides is 1. The van der Waals surface area contributed by atoms with Crippen molar-refractivity contribution in [2.45, 2.75) is 37.6 Å². The number of hydrogen-bond acceptors (Lipinski definition) is 4. The summed E-state index contributed by atoms with van der Waals surface area (Å²) in [7, 11) is 4.44. The molecule has 0 unspecified atom stereocenters. The van der Waals surface area contributed by atoms with Crippen molar-refractivity contribution in [1.82, 2.24) is 9.80 Å². The number of hydrogen-bond donors (Lipinski definition) is 0. The maximum atomic E-state index is 12.7. The van der Waals surface area contributed by atoms with E-state index in [-0.39, 0.29) is 11.4 Å². The lowest BCUT2D eigenvalue weighted by Gasteiger charge is -2.48. The second-order valence-electron chi connectivity index (χ2n) is 7.86. The van der Waals surface area contributed by atoms with E-state index in [2.05, 4.69) is 41.4 Å². The zero-order valence-corrected chi connectivity index (χ0v) is 16.7. The van der Waals surface area contributed by atoms with Gasteiger partial charge in [-0.3, -0.25) is 9.69 Å². The quantitative estimate of drug-likeness (QED) is 0.779. The van der Waals surface area contributed by atoms with Gasteiger partial charge in [-0.05, 0) is 74.5 Å². The van der Waals surface area contributed by atoms with Crippen LogP contribution < -0.4 is 0 Å². The summed E-state index contributed by atoms with van der Waals surface area (Å²) in [6, 6.07) is 8.39. The first-order valence-electron chi connectivity index (χ1n) is 9.09. The monoisotopic (exact) mass is 374 g/mol. The Hall–Kier alpha value is -1.17. The highest BCUT2D eigenvalue weighted by Gasteiger charge is 2.48. The maximum Gasteiger partial charge on any atom is 0.263 e. The lowest BCUT2D eigenvalue weighted by molar-refractivity contribution is 0.0394. The van der Waals surface area contributed by atoms with Crippen molar-refractivity contribution in [1.29, 1.82) is 0 Å². The molecule has 4 rings (SSSR count). The van der Waals surface area contributed by atoms with E-state index in [1.165, 1.54) is 30.6 Å². The third-order valence-electron chi connectivity index (χ3n) is 6.43. The predicted molar refractivity (Wildman–Crippen MR) is 105 cm³/mol. The molecule has 1 saturated carbocycles. The average molecular weight is 375 g/mol. The third kappa shape index (κ3) is 2.96. The molecule has 3 heterocycles. The van der Waals surface area contributed by atoms with E-state index in [1.807, 2.05) is 28.8 Å². The van der Waals surface area contributed by atoms with Gasteiger partial charge in [0, 0.05) is 18.0 Å². The number of carbonyl (C=O) groups excluding carboxylic acids is 1. The zero-order valence-electron chi connectivity index (χ0n) is 15.0. The summed E-state index contributed by atoms with van der Waals surface area (Å²) in [6.07, 6.45) is 6.00. The van der Waals surface area contributed by atoms with Gasteiger partial charge in [-0.25, -0.2) is 0 Å². The van der Waals surface area contributed by atoms with Crippen molar-refractivity contribution in [3.05, 3.63) is 44.8 Å². The van der Waals surface area contributed by atoms with E-state index in [4.69, 9.17) is 0 Å². The zero-order chi connectivity index (χ0) is 17.5. The summed E-state index contributed by atoms with van der Waals surface area (Å²) in [4.78, 5) is 19.6. The first-order chi connectivity index (χ1) is 12.0. The van der Waals surface area contributed by atoms with Crippen LogP contribution in [0.2, 0.25) is 0 Å². The van der Waals surface area contributed by atoms with Crippen LogP contribution in [0.3, 0.4) is 0 Å². The molecule has 2 aliphatic rings. The Morgan fingerprint density at radius 3 is 2.36 bits per heavy atom. The minimum absolute atomic E-state index is 0.185. The van der Waals surface area contributed by atoms with E-state index in [9.17, 15) is 4.79 Å². The molecule has 0 atom stereocenters. The molecule has 5 heteroatoms. The van der Waals surface area contributed by atoms with Gasteiger partial charge >= 0.3 is 0 Å². The van der Waals surface area contributed by atoms with E-state index in [0.717, 1.165) is 24.4 Å². The standard InChI is InChI=1S/C20H26N2OS2/c1-21(2)20(17-6-4-14-25-17)9-7-19(8-10-20)11-12-22(15-19)18(23)16-5-3-13-24-16/h3-6,13-14H,7-12,15H2,1-2H3. The van der Waals surface area contributed by atoms with E-state index in [0.29, 0.717) is 5.41 Å². The second kappa shape index (κ2) is 6.53. The third-order valence-corrected chi connectivity index (χ3v) is 8.35. The Balaban J connectivity index is 1.47. The molecule has 2 fully saturated rings. The van der Waals surface area contributed by atoms with Crippen molar-refractivity contribution in [3.63, 3.8) is 0 Å². The molecule has 1 spiro atoms. The maximum absolute atomic E-state index is 12.7. The van der Waals surface area contributed by atoms with Crippen LogP contribution in [-0.2, 0) is 5.54 Å². The molecule has 1 amide bonds. The van der Waals surface area contributed by atoms with E-state index < -0.39 is 0 Å². The fourth-order valence-corrected chi connectivity index (χ4v) is 6.48. The van der Waals surface area contributed by atoms with Crippen LogP contribution in [0.1, 0.15) is 46.7 Å². The highest BCUT2D eigenvalue weighted by atomic mass is 32.1. The molecule has 1 aliphatic carbocycles. The molecule has 2 aromatic rings. The normalized spacial score (nSPS) is 29.6. The van der Waals surface area contributed by atoms with Gasteiger partial charge < -0.3 is 4.90 Å². The van der Waals surface area contributed by atoms with Crippen LogP contribution in [0.25, 0.3) is 0 Å². The van der Waals surface area contributed by atoms with Gasteiger partial charge in [0.15, 0.2) is 0 Å². The molecule has 1 aliphatic heterocycles. The molecule has 0 bridgehead atoms. The van der Waals surface area contributed by atoms with Crippen molar-refractivity contribution in [2.75, 3.05) is 27.2 Å². The van der Waals surface area contributed by atoms with Gasteiger partial charge in [-0.2, -0.15) is 0 Å². The van der Waals surface area contributed by atoms with E-state index >= 15 is 0 Å².